The quantitative estimate of drug-likeness (QED) is 0.640. The fourth-order valence-electron chi connectivity index (χ4n) is 3.04. The molecular formula is C18H22N4S. The highest BCUT2D eigenvalue weighted by Crippen LogP contribution is 2.31. The molecule has 0 amide bonds. The fourth-order valence-corrected chi connectivity index (χ4v) is 3.23. The zero-order valence-corrected chi connectivity index (χ0v) is 14.2. The summed E-state index contributed by atoms with van der Waals surface area (Å²) in [6, 6.07) is 10.2. The second-order valence-electron chi connectivity index (χ2n) is 6.08. The van der Waals surface area contributed by atoms with Crippen molar-refractivity contribution in [3.8, 4) is 0 Å². The van der Waals surface area contributed by atoms with Gasteiger partial charge in [-0.15, -0.1) is 0 Å². The van der Waals surface area contributed by atoms with Gasteiger partial charge in [0, 0.05) is 5.92 Å². The molecule has 0 unspecified atom stereocenters. The van der Waals surface area contributed by atoms with E-state index >= 15 is 0 Å². The largest absolute Gasteiger partial charge is 0.250 e. The van der Waals surface area contributed by atoms with Crippen LogP contribution in [-0.2, 0) is 0 Å². The molecule has 1 fully saturated rings. The molecule has 3 rings (SSSR count). The molecular weight excluding hydrogens is 304 g/mol. The first-order valence-electron chi connectivity index (χ1n) is 8.19. The third-order valence-electron chi connectivity index (χ3n) is 4.22. The molecule has 5 heteroatoms. The number of hydrogen-bond acceptors (Lipinski definition) is 3. The number of rotatable bonds is 4. The van der Waals surface area contributed by atoms with Crippen LogP contribution in [0.5, 0.6) is 0 Å². The predicted molar refractivity (Wildman–Crippen MR) is 97.2 cm³/mol. The molecule has 1 N–H and O–H groups in total. The van der Waals surface area contributed by atoms with Crippen molar-refractivity contribution >= 4 is 24.5 Å². The van der Waals surface area contributed by atoms with Gasteiger partial charge in [0.25, 0.3) is 0 Å². The number of nitrogens with zero attached hydrogens (tertiary/aromatic N) is 3. The Morgan fingerprint density at radius 3 is 2.74 bits per heavy atom. The summed E-state index contributed by atoms with van der Waals surface area (Å²) in [5, 5.41) is 11.9. The predicted octanol–water partition coefficient (Wildman–Crippen LogP) is 4.93. The van der Waals surface area contributed by atoms with Crippen molar-refractivity contribution in [3.05, 3.63) is 52.1 Å². The molecule has 0 atom stereocenters. The maximum Gasteiger partial charge on any atom is 0.216 e. The minimum absolute atomic E-state index is 0.465. The first-order chi connectivity index (χ1) is 11.2. The fraction of sp³-hybridized carbons (Fsp3) is 0.389. The first-order valence-corrected chi connectivity index (χ1v) is 8.60. The minimum atomic E-state index is 0.465. The van der Waals surface area contributed by atoms with Gasteiger partial charge in [0.1, 0.15) is 0 Å². The van der Waals surface area contributed by atoms with Crippen molar-refractivity contribution in [2.45, 2.75) is 44.9 Å². The molecule has 1 saturated carbocycles. The van der Waals surface area contributed by atoms with Gasteiger partial charge in [0.05, 0.1) is 6.21 Å². The van der Waals surface area contributed by atoms with Crippen LogP contribution in [0, 0.1) is 4.77 Å². The topological polar surface area (TPSA) is 46.0 Å². The summed E-state index contributed by atoms with van der Waals surface area (Å²) in [7, 11) is 0. The second-order valence-corrected chi connectivity index (χ2v) is 6.46. The van der Waals surface area contributed by atoms with Gasteiger partial charge >= 0.3 is 0 Å². The SMILES string of the molecule is CC(/C=N\n1c(C2CCCCC2)n[nH]c1=S)=C\c1ccccc1. The normalized spacial score (nSPS) is 17.0. The Bertz CT molecular complexity index is 749. The molecule has 1 heterocycles. The zero-order valence-electron chi connectivity index (χ0n) is 13.4. The molecule has 2 aromatic rings. The zero-order chi connectivity index (χ0) is 16.1. The van der Waals surface area contributed by atoms with Crippen molar-refractivity contribution in [3.63, 3.8) is 0 Å². The smallest absolute Gasteiger partial charge is 0.216 e. The van der Waals surface area contributed by atoms with E-state index in [2.05, 4.69) is 33.5 Å². The Morgan fingerprint density at radius 1 is 1.26 bits per heavy atom. The van der Waals surface area contributed by atoms with Crippen LogP contribution in [-0.4, -0.2) is 21.1 Å². The maximum absolute atomic E-state index is 5.34. The molecule has 120 valence electrons. The van der Waals surface area contributed by atoms with Crippen LogP contribution in [0.25, 0.3) is 6.08 Å². The standard InChI is InChI=1S/C18H22N4S/c1-14(12-15-8-4-2-5-9-15)13-19-22-17(20-21-18(22)23)16-10-6-3-7-11-16/h2,4-5,8-9,12-13,16H,3,6-7,10-11H2,1H3,(H,21,23)/b14-12+,19-13-. The highest BCUT2D eigenvalue weighted by atomic mass is 32.1. The average Bonchev–Trinajstić information content (AvgIpc) is 2.95. The molecule has 23 heavy (non-hydrogen) atoms. The molecule has 0 saturated heterocycles. The monoisotopic (exact) mass is 326 g/mol. The van der Waals surface area contributed by atoms with Crippen LogP contribution in [0.4, 0.5) is 0 Å². The third-order valence-corrected chi connectivity index (χ3v) is 4.48. The molecule has 0 radical (unpaired) electrons. The van der Waals surface area contributed by atoms with Crippen LogP contribution in [0.3, 0.4) is 0 Å². The Balaban J connectivity index is 1.81. The van der Waals surface area contributed by atoms with Gasteiger partial charge in [-0.1, -0.05) is 55.7 Å². The summed E-state index contributed by atoms with van der Waals surface area (Å²) in [5.74, 6) is 1.44. The molecule has 4 nitrogen and oxygen atoms in total. The molecule has 0 bridgehead atoms. The molecule has 1 aliphatic rings. The first kappa shape index (κ1) is 15.9. The van der Waals surface area contributed by atoms with Gasteiger partial charge < -0.3 is 0 Å². The van der Waals surface area contributed by atoms with Crippen molar-refractivity contribution in [1.82, 2.24) is 14.9 Å². The second kappa shape index (κ2) is 7.51. The van der Waals surface area contributed by atoms with E-state index in [0.717, 1.165) is 11.4 Å². The summed E-state index contributed by atoms with van der Waals surface area (Å²) in [5.41, 5.74) is 2.24. The number of aromatic amines is 1. The number of H-pyrrole nitrogens is 1. The van der Waals surface area contributed by atoms with Crippen molar-refractivity contribution in [1.29, 1.82) is 0 Å². The lowest BCUT2D eigenvalue weighted by molar-refractivity contribution is 0.419. The molecule has 1 aromatic heterocycles. The number of nitrogens with one attached hydrogen (secondary N) is 1. The average molecular weight is 326 g/mol. The summed E-state index contributed by atoms with van der Waals surface area (Å²) in [4.78, 5) is 0. The van der Waals surface area contributed by atoms with Crippen LogP contribution >= 0.6 is 12.2 Å². The van der Waals surface area contributed by atoms with E-state index in [1.807, 2.05) is 31.3 Å². The maximum atomic E-state index is 5.34. The number of benzene rings is 1. The van der Waals surface area contributed by atoms with Crippen LogP contribution in [0.2, 0.25) is 0 Å². The van der Waals surface area contributed by atoms with Crippen molar-refractivity contribution < 1.29 is 0 Å². The van der Waals surface area contributed by atoms with Crippen LogP contribution in [0.15, 0.2) is 41.0 Å². The molecule has 0 aliphatic heterocycles. The molecule has 1 aromatic carbocycles. The number of aromatic nitrogens is 3. The van der Waals surface area contributed by atoms with E-state index in [9.17, 15) is 0 Å². The number of allylic oxidation sites excluding steroid dienone is 1. The van der Waals surface area contributed by atoms with Gasteiger partial charge in [-0.05, 0) is 43.1 Å². The lowest BCUT2D eigenvalue weighted by Gasteiger charge is -2.19. The van der Waals surface area contributed by atoms with E-state index in [0.29, 0.717) is 10.7 Å². The third kappa shape index (κ3) is 4.05. The summed E-state index contributed by atoms with van der Waals surface area (Å²) < 4.78 is 2.35. The van der Waals surface area contributed by atoms with Gasteiger partial charge in [0.15, 0.2) is 5.82 Å². The van der Waals surface area contributed by atoms with Gasteiger partial charge in [-0.2, -0.15) is 14.9 Å². The van der Waals surface area contributed by atoms with Crippen molar-refractivity contribution in [2.75, 3.05) is 0 Å². The highest BCUT2D eigenvalue weighted by Gasteiger charge is 2.21. The van der Waals surface area contributed by atoms with E-state index in [-0.39, 0.29) is 0 Å². The highest BCUT2D eigenvalue weighted by molar-refractivity contribution is 7.71. The Kier molecular flexibility index (Phi) is 5.18. The summed E-state index contributed by atoms with van der Waals surface area (Å²) in [6.07, 6.45) is 10.2. The van der Waals surface area contributed by atoms with Crippen molar-refractivity contribution in [2.24, 2.45) is 5.10 Å². The summed E-state index contributed by atoms with van der Waals surface area (Å²) >= 11 is 5.34. The Morgan fingerprint density at radius 2 is 2.00 bits per heavy atom. The summed E-state index contributed by atoms with van der Waals surface area (Å²) in [6.45, 7) is 2.04. The Labute approximate surface area is 141 Å². The lowest BCUT2D eigenvalue weighted by atomic mass is 9.89. The van der Waals surface area contributed by atoms with Crippen LogP contribution < -0.4 is 0 Å². The van der Waals surface area contributed by atoms with E-state index < -0.39 is 0 Å². The van der Waals surface area contributed by atoms with E-state index in [1.165, 1.54) is 37.7 Å². The van der Waals surface area contributed by atoms with Crippen LogP contribution in [0.1, 0.15) is 56.3 Å². The van der Waals surface area contributed by atoms with Gasteiger partial charge in [-0.25, -0.2) is 0 Å². The Hall–Kier alpha value is -2.01. The van der Waals surface area contributed by atoms with Gasteiger partial charge in [0.2, 0.25) is 4.77 Å². The molecule has 1 aliphatic carbocycles. The lowest BCUT2D eigenvalue weighted by Crippen LogP contribution is -2.10. The molecule has 0 spiro atoms. The van der Waals surface area contributed by atoms with Gasteiger partial charge in [-0.3, -0.25) is 5.10 Å². The number of hydrogen-bond donors (Lipinski definition) is 1. The van der Waals surface area contributed by atoms with E-state index in [1.54, 1.807) is 4.68 Å². The minimum Gasteiger partial charge on any atom is -0.250 e. The van der Waals surface area contributed by atoms with E-state index in [4.69, 9.17) is 12.2 Å².